The van der Waals surface area contributed by atoms with Gasteiger partial charge in [-0.15, -0.1) is 24.0 Å². The molecule has 2 aromatic rings. The fraction of sp³-hybridized carbons (Fsp3) is 0.316. The Kier molecular flexibility index (Phi) is 8.55. The summed E-state index contributed by atoms with van der Waals surface area (Å²) in [6.45, 7) is 1.57. The SMILES string of the molecule is CN=C(NCCOc1ccc(F)cc1F)NCCc1ccc2c(c1)OCO2.I. The van der Waals surface area contributed by atoms with Crippen LogP contribution in [0, 0.1) is 11.6 Å². The predicted molar refractivity (Wildman–Crippen MR) is 113 cm³/mol. The summed E-state index contributed by atoms with van der Waals surface area (Å²) in [5.41, 5.74) is 1.12. The molecule has 2 aromatic carbocycles. The molecule has 0 radical (unpaired) electrons. The molecule has 0 atom stereocenters. The lowest BCUT2D eigenvalue weighted by molar-refractivity contribution is 0.174. The summed E-state index contributed by atoms with van der Waals surface area (Å²) in [5.74, 6) is 0.802. The van der Waals surface area contributed by atoms with E-state index in [9.17, 15) is 8.78 Å². The van der Waals surface area contributed by atoms with Gasteiger partial charge in [0.1, 0.15) is 12.4 Å². The summed E-state index contributed by atoms with van der Waals surface area (Å²) in [5, 5.41) is 6.26. The Morgan fingerprint density at radius 2 is 1.86 bits per heavy atom. The van der Waals surface area contributed by atoms with Gasteiger partial charge in [0.2, 0.25) is 6.79 Å². The van der Waals surface area contributed by atoms with Gasteiger partial charge in [-0.3, -0.25) is 4.99 Å². The van der Waals surface area contributed by atoms with Crippen LogP contribution in [0.25, 0.3) is 0 Å². The number of aliphatic imine (C=N–C) groups is 1. The molecule has 0 aromatic heterocycles. The highest BCUT2D eigenvalue weighted by atomic mass is 127. The van der Waals surface area contributed by atoms with Gasteiger partial charge in [-0.2, -0.15) is 0 Å². The van der Waals surface area contributed by atoms with Crippen molar-refractivity contribution in [3.63, 3.8) is 0 Å². The van der Waals surface area contributed by atoms with Gasteiger partial charge in [0.15, 0.2) is 29.0 Å². The lowest BCUT2D eigenvalue weighted by atomic mass is 10.1. The maximum Gasteiger partial charge on any atom is 0.231 e. The topological polar surface area (TPSA) is 64.1 Å². The van der Waals surface area contributed by atoms with Crippen molar-refractivity contribution in [2.45, 2.75) is 6.42 Å². The molecule has 6 nitrogen and oxygen atoms in total. The summed E-state index contributed by atoms with van der Waals surface area (Å²) >= 11 is 0. The maximum atomic E-state index is 13.5. The molecule has 0 saturated heterocycles. The van der Waals surface area contributed by atoms with Gasteiger partial charge in [0, 0.05) is 19.7 Å². The number of hydrogen-bond donors (Lipinski definition) is 2. The summed E-state index contributed by atoms with van der Waals surface area (Å²) in [4.78, 5) is 4.12. The van der Waals surface area contributed by atoms with Crippen LogP contribution in [-0.4, -0.2) is 39.5 Å². The molecule has 0 spiro atoms. The van der Waals surface area contributed by atoms with Crippen LogP contribution in [0.5, 0.6) is 17.2 Å². The molecule has 0 aliphatic carbocycles. The van der Waals surface area contributed by atoms with Crippen molar-refractivity contribution in [1.82, 2.24) is 10.6 Å². The zero-order valence-corrected chi connectivity index (χ0v) is 17.7. The monoisotopic (exact) mass is 505 g/mol. The Bertz CT molecular complexity index is 821. The van der Waals surface area contributed by atoms with Crippen molar-refractivity contribution in [3.05, 3.63) is 53.6 Å². The van der Waals surface area contributed by atoms with E-state index in [0.717, 1.165) is 35.6 Å². The molecule has 2 N–H and O–H groups in total. The number of fused-ring (bicyclic) bond motifs is 1. The molecule has 152 valence electrons. The lowest BCUT2D eigenvalue weighted by Gasteiger charge is -2.13. The van der Waals surface area contributed by atoms with Gasteiger partial charge in [-0.1, -0.05) is 6.07 Å². The predicted octanol–water partition coefficient (Wildman–Crippen LogP) is 3.10. The quantitative estimate of drug-likeness (QED) is 0.262. The highest BCUT2D eigenvalue weighted by Crippen LogP contribution is 2.32. The zero-order chi connectivity index (χ0) is 19.1. The van der Waals surface area contributed by atoms with Crippen molar-refractivity contribution in [1.29, 1.82) is 0 Å². The van der Waals surface area contributed by atoms with Crippen LogP contribution in [0.4, 0.5) is 8.78 Å². The van der Waals surface area contributed by atoms with E-state index < -0.39 is 11.6 Å². The largest absolute Gasteiger partial charge is 0.489 e. The Morgan fingerprint density at radius 3 is 2.64 bits per heavy atom. The molecule has 1 aliphatic heterocycles. The first-order valence-electron chi connectivity index (χ1n) is 8.56. The molecule has 9 heteroatoms. The minimum Gasteiger partial charge on any atom is -0.489 e. The number of ether oxygens (including phenoxy) is 3. The highest BCUT2D eigenvalue weighted by molar-refractivity contribution is 14.0. The summed E-state index contributed by atoms with van der Waals surface area (Å²) in [6.07, 6.45) is 0.786. The fourth-order valence-electron chi connectivity index (χ4n) is 2.56. The Hall–Kier alpha value is -2.30. The van der Waals surface area contributed by atoms with Crippen molar-refractivity contribution in [2.75, 3.05) is 33.5 Å². The Morgan fingerprint density at radius 1 is 1.07 bits per heavy atom. The number of halogens is 3. The van der Waals surface area contributed by atoms with Crippen LogP contribution in [0.1, 0.15) is 5.56 Å². The van der Waals surface area contributed by atoms with E-state index >= 15 is 0 Å². The third-order valence-corrected chi connectivity index (χ3v) is 3.91. The molecular weight excluding hydrogens is 483 g/mol. The maximum absolute atomic E-state index is 13.5. The van der Waals surface area contributed by atoms with E-state index in [2.05, 4.69) is 15.6 Å². The number of nitrogens with zero attached hydrogens (tertiary/aromatic N) is 1. The molecule has 0 fully saturated rings. The van der Waals surface area contributed by atoms with Crippen LogP contribution in [0.15, 0.2) is 41.4 Å². The second kappa shape index (κ2) is 10.9. The van der Waals surface area contributed by atoms with E-state index in [1.165, 1.54) is 6.07 Å². The number of nitrogens with one attached hydrogen (secondary N) is 2. The molecule has 0 bridgehead atoms. The van der Waals surface area contributed by atoms with E-state index in [1.54, 1.807) is 7.05 Å². The van der Waals surface area contributed by atoms with E-state index in [4.69, 9.17) is 14.2 Å². The first kappa shape index (κ1) is 22.0. The van der Waals surface area contributed by atoms with Gasteiger partial charge in [-0.05, 0) is 36.2 Å². The molecule has 0 amide bonds. The van der Waals surface area contributed by atoms with Crippen LogP contribution in [-0.2, 0) is 6.42 Å². The molecule has 28 heavy (non-hydrogen) atoms. The summed E-state index contributed by atoms with van der Waals surface area (Å²) in [7, 11) is 1.66. The van der Waals surface area contributed by atoms with Gasteiger partial charge >= 0.3 is 0 Å². The first-order valence-corrected chi connectivity index (χ1v) is 8.56. The smallest absolute Gasteiger partial charge is 0.231 e. The third-order valence-electron chi connectivity index (χ3n) is 3.91. The second-order valence-electron chi connectivity index (χ2n) is 5.79. The highest BCUT2D eigenvalue weighted by Gasteiger charge is 2.13. The number of guanidine groups is 1. The number of hydrogen-bond acceptors (Lipinski definition) is 4. The van der Waals surface area contributed by atoms with Gasteiger partial charge in [-0.25, -0.2) is 8.78 Å². The Balaban J connectivity index is 0.00000280. The third kappa shape index (κ3) is 6.11. The molecule has 1 aliphatic rings. The summed E-state index contributed by atoms with van der Waals surface area (Å²) in [6, 6.07) is 9.07. The van der Waals surface area contributed by atoms with Gasteiger partial charge in [0.25, 0.3) is 0 Å². The van der Waals surface area contributed by atoms with E-state index in [0.29, 0.717) is 19.0 Å². The lowest BCUT2D eigenvalue weighted by Crippen LogP contribution is -2.40. The molecular formula is C19H22F2IN3O3. The number of rotatable bonds is 7. The average Bonchev–Trinajstić information content (AvgIpc) is 3.13. The normalized spacial score (nSPS) is 12.3. The molecule has 0 unspecified atom stereocenters. The van der Waals surface area contributed by atoms with E-state index in [-0.39, 0.29) is 43.1 Å². The van der Waals surface area contributed by atoms with Gasteiger partial charge < -0.3 is 24.8 Å². The van der Waals surface area contributed by atoms with Crippen LogP contribution < -0.4 is 24.8 Å². The summed E-state index contributed by atoms with van der Waals surface area (Å²) < 4.78 is 42.3. The molecule has 0 saturated carbocycles. The minimum atomic E-state index is -0.721. The van der Waals surface area contributed by atoms with Crippen LogP contribution in [0.2, 0.25) is 0 Å². The average molecular weight is 505 g/mol. The first-order chi connectivity index (χ1) is 13.2. The fourth-order valence-corrected chi connectivity index (χ4v) is 2.56. The molecule has 1 heterocycles. The van der Waals surface area contributed by atoms with Crippen molar-refractivity contribution < 1.29 is 23.0 Å². The van der Waals surface area contributed by atoms with Crippen molar-refractivity contribution in [3.8, 4) is 17.2 Å². The van der Waals surface area contributed by atoms with Gasteiger partial charge in [0.05, 0.1) is 6.54 Å². The van der Waals surface area contributed by atoms with Crippen LogP contribution in [0.3, 0.4) is 0 Å². The van der Waals surface area contributed by atoms with Crippen molar-refractivity contribution >= 4 is 29.9 Å². The van der Waals surface area contributed by atoms with Crippen LogP contribution >= 0.6 is 24.0 Å². The number of benzene rings is 2. The second-order valence-corrected chi connectivity index (χ2v) is 5.79. The van der Waals surface area contributed by atoms with Crippen molar-refractivity contribution in [2.24, 2.45) is 4.99 Å². The van der Waals surface area contributed by atoms with E-state index in [1.807, 2.05) is 18.2 Å². The minimum absolute atomic E-state index is 0. The Labute approximate surface area is 179 Å². The molecule has 3 rings (SSSR count). The standard InChI is InChI=1S/C19H21F2N3O3.HI/c1-22-19(24-8-9-25-16-5-3-14(20)11-15(16)21)23-7-6-13-2-4-17-18(10-13)27-12-26-17;/h2-5,10-11H,6-9,12H2,1H3,(H2,22,23,24);1H. The zero-order valence-electron chi connectivity index (χ0n) is 15.3.